The van der Waals surface area contributed by atoms with Crippen molar-refractivity contribution in [3.63, 3.8) is 0 Å². The zero-order valence-corrected chi connectivity index (χ0v) is 8.75. The van der Waals surface area contributed by atoms with Crippen molar-refractivity contribution in [2.75, 3.05) is 7.11 Å². The molecule has 1 saturated carbocycles. The molecule has 0 bridgehead atoms. The topological polar surface area (TPSA) is 26.3 Å². The summed E-state index contributed by atoms with van der Waals surface area (Å²) in [5.41, 5.74) is -0.250. The molecule has 2 atom stereocenters. The van der Waals surface area contributed by atoms with E-state index in [2.05, 4.69) is 13.0 Å². The molecule has 2 aliphatic carbocycles. The molecule has 0 saturated heterocycles. The second-order valence-corrected chi connectivity index (χ2v) is 4.28. The van der Waals surface area contributed by atoms with Gasteiger partial charge in [0, 0.05) is 12.8 Å². The SMILES string of the molecule is COC1=CC=C[C@]2(C1)C(=O)CC[C@H]2C. The molecule has 0 amide bonds. The number of rotatable bonds is 1. The van der Waals surface area contributed by atoms with E-state index in [0.717, 1.165) is 25.0 Å². The van der Waals surface area contributed by atoms with Gasteiger partial charge in [0.15, 0.2) is 0 Å². The number of carbonyl (C=O) groups is 1. The van der Waals surface area contributed by atoms with E-state index in [1.165, 1.54) is 0 Å². The summed E-state index contributed by atoms with van der Waals surface area (Å²) < 4.78 is 5.23. The van der Waals surface area contributed by atoms with Gasteiger partial charge in [-0.1, -0.05) is 19.1 Å². The van der Waals surface area contributed by atoms with Crippen molar-refractivity contribution in [1.82, 2.24) is 0 Å². The lowest BCUT2D eigenvalue weighted by atomic mass is 9.73. The van der Waals surface area contributed by atoms with Crippen LogP contribution in [0.3, 0.4) is 0 Å². The Hall–Kier alpha value is -1.05. The number of hydrogen-bond donors (Lipinski definition) is 0. The third kappa shape index (κ3) is 1.21. The molecular weight excluding hydrogens is 176 g/mol. The minimum absolute atomic E-state index is 0.250. The summed E-state index contributed by atoms with van der Waals surface area (Å²) in [7, 11) is 1.67. The number of Topliss-reactive ketones (excluding diaryl/α,β-unsaturated/α-hetero) is 1. The van der Waals surface area contributed by atoms with Crippen LogP contribution in [-0.2, 0) is 9.53 Å². The van der Waals surface area contributed by atoms with Gasteiger partial charge in [-0.2, -0.15) is 0 Å². The molecule has 2 nitrogen and oxygen atoms in total. The van der Waals surface area contributed by atoms with Crippen LogP contribution in [0, 0.1) is 11.3 Å². The predicted molar refractivity (Wildman–Crippen MR) is 54.7 cm³/mol. The van der Waals surface area contributed by atoms with Crippen LogP contribution in [0.5, 0.6) is 0 Å². The first-order chi connectivity index (χ1) is 6.69. The van der Waals surface area contributed by atoms with E-state index < -0.39 is 0 Å². The van der Waals surface area contributed by atoms with Crippen LogP contribution in [0.25, 0.3) is 0 Å². The van der Waals surface area contributed by atoms with Gasteiger partial charge >= 0.3 is 0 Å². The standard InChI is InChI=1S/C12H16O2/c1-9-5-6-11(13)12(9)7-3-4-10(8-12)14-2/h3-4,7,9H,5-6,8H2,1-2H3/t9-,12-/m1/s1. The molecule has 0 aromatic rings. The first kappa shape index (κ1) is 9.50. The second-order valence-electron chi connectivity index (χ2n) is 4.28. The van der Waals surface area contributed by atoms with Crippen LogP contribution in [0.4, 0.5) is 0 Å². The Kier molecular flexibility index (Phi) is 2.22. The molecule has 76 valence electrons. The average Bonchev–Trinajstić information content (AvgIpc) is 2.47. The molecule has 0 N–H and O–H groups in total. The summed E-state index contributed by atoms with van der Waals surface area (Å²) in [4.78, 5) is 11.9. The van der Waals surface area contributed by atoms with Crippen LogP contribution in [0.15, 0.2) is 24.0 Å². The number of allylic oxidation sites excluding steroid dienone is 4. The van der Waals surface area contributed by atoms with E-state index in [0.29, 0.717) is 11.7 Å². The van der Waals surface area contributed by atoms with E-state index in [-0.39, 0.29) is 5.41 Å². The van der Waals surface area contributed by atoms with Crippen molar-refractivity contribution in [3.05, 3.63) is 24.0 Å². The maximum Gasteiger partial charge on any atom is 0.143 e. The third-order valence-electron chi connectivity index (χ3n) is 3.61. The summed E-state index contributed by atoms with van der Waals surface area (Å²) in [5.74, 6) is 1.75. The fraction of sp³-hybridized carbons (Fsp3) is 0.583. The number of ether oxygens (including phenoxy) is 1. The first-order valence-electron chi connectivity index (χ1n) is 5.15. The quantitative estimate of drug-likeness (QED) is 0.638. The van der Waals surface area contributed by atoms with Crippen molar-refractivity contribution < 1.29 is 9.53 Å². The molecule has 1 fully saturated rings. The van der Waals surface area contributed by atoms with Gasteiger partial charge in [0.05, 0.1) is 18.3 Å². The molecule has 14 heavy (non-hydrogen) atoms. The molecule has 1 spiro atoms. The van der Waals surface area contributed by atoms with Gasteiger partial charge in [-0.25, -0.2) is 0 Å². The van der Waals surface area contributed by atoms with Gasteiger partial charge in [-0.05, 0) is 18.4 Å². The van der Waals surface area contributed by atoms with E-state index in [1.807, 2.05) is 12.2 Å². The van der Waals surface area contributed by atoms with Crippen molar-refractivity contribution in [2.45, 2.75) is 26.2 Å². The summed E-state index contributed by atoms with van der Waals surface area (Å²) in [6.07, 6.45) is 8.46. The third-order valence-corrected chi connectivity index (χ3v) is 3.61. The summed E-state index contributed by atoms with van der Waals surface area (Å²) in [6, 6.07) is 0. The van der Waals surface area contributed by atoms with Gasteiger partial charge in [0.1, 0.15) is 5.78 Å². The average molecular weight is 192 g/mol. The minimum Gasteiger partial charge on any atom is -0.501 e. The normalized spacial score (nSPS) is 36.3. The summed E-state index contributed by atoms with van der Waals surface area (Å²) in [6.45, 7) is 2.16. The molecular formula is C12H16O2. The summed E-state index contributed by atoms with van der Waals surface area (Å²) >= 11 is 0. The van der Waals surface area contributed by atoms with E-state index in [1.54, 1.807) is 7.11 Å². The zero-order chi connectivity index (χ0) is 10.2. The second kappa shape index (κ2) is 3.26. The lowest BCUT2D eigenvalue weighted by Gasteiger charge is -2.31. The van der Waals surface area contributed by atoms with E-state index in [4.69, 9.17) is 4.74 Å². The largest absolute Gasteiger partial charge is 0.501 e. The highest BCUT2D eigenvalue weighted by Gasteiger charge is 2.46. The maximum atomic E-state index is 11.9. The van der Waals surface area contributed by atoms with Crippen molar-refractivity contribution in [1.29, 1.82) is 0 Å². The van der Waals surface area contributed by atoms with Crippen LogP contribution in [0.1, 0.15) is 26.2 Å². The van der Waals surface area contributed by atoms with Gasteiger partial charge in [-0.3, -0.25) is 4.79 Å². The van der Waals surface area contributed by atoms with Crippen molar-refractivity contribution in [3.8, 4) is 0 Å². The Balaban J connectivity index is 2.30. The monoisotopic (exact) mass is 192 g/mol. The molecule has 2 aliphatic rings. The van der Waals surface area contributed by atoms with Crippen LogP contribution >= 0.6 is 0 Å². The summed E-state index contributed by atoms with van der Waals surface area (Å²) in [5, 5.41) is 0. The molecule has 2 rings (SSSR count). The van der Waals surface area contributed by atoms with Gasteiger partial charge < -0.3 is 4.74 Å². The van der Waals surface area contributed by atoms with Gasteiger partial charge in [-0.15, -0.1) is 0 Å². The maximum absolute atomic E-state index is 11.9. The Bertz CT molecular complexity index is 314. The highest BCUT2D eigenvalue weighted by molar-refractivity contribution is 5.89. The number of carbonyl (C=O) groups excluding carboxylic acids is 1. The number of methoxy groups -OCH3 is 1. The highest BCUT2D eigenvalue weighted by atomic mass is 16.5. The number of hydrogen-bond acceptors (Lipinski definition) is 2. The van der Waals surface area contributed by atoms with E-state index in [9.17, 15) is 4.79 Å². The Morgan fingerprint density at radius 3 is 2.93 bits per heavy atom. The minimum atomic E-state index is -0.250. The molecule has 0 aromatic carbocycles. The van der Waals surface area contributed by atoms with Crippen LogP contribution in [-0.4, -0.2) is 12.9 Å². The first-order valence-corrected chi connectivity index (χ1v) is 5.15. The fourth-order valence-corrected chi connectivity index (χ4v) is 2.52. The predicted octanol–water partition coefficient (Wildman–Crippen LogP) is 2.46. The molecule has 0 radical (unpaired) electrons. The van der Waals surface area contributed by atoms with Crippen LogP contribution in [0.2, 0.25) is 0 Å². The van der Waals surface area contributed by atoms with Crippen LogP contribution < -0.4 is 0 Å². The van der Waals surface area contributed by atoms with Gasteiger partial charge in [0.2, 0.25) is 0 Å². The Morgan fingerprint density at radius 2 is 2.36 bits per heavy atom. The highest BCUT2D eigenvalue weighted by Crippen LogP contribution is 2.47. The lowest BCUT2D eigenvalue weighted by Crippen LogP contribution is -2.31. The van der Waals surface area contributed by atoms with E-state index >= 15 is 0 Å². The lowest BCUT2D eigenvalue weighted by molar-refractivity contribution is -0.124. The molecule has 0 heterocycles. The molecule has 0 aliphatic heterocycles. The zero-order valence-electron chi connectivity index (χ0n) is 8.75. The molecule has 0 aromatic heterocycles. The molecule has 2 heteroatoms. The Labute approximate surface area is 84.6 Å². The van der Waals surface area contributed by atoms with Gasteiger partial charge in [0.25, 0.3) is 0 Å². The Morgan fingerprint density at radius 1 is 1.57 bits per heavy atom. The molecule has 0 unspecified atom stereocenters. The van der Waals surface area contributed by atoms with Crippen molar-refractivity contribution >= 4 is 5.78 Å². The fourth-order valence-electron chi connectivity index (χ4n) is 2.52. The number of ketones is 1. The smallest absolute Gasteiger partial charge is 0.143 e. The van der Waals surface area contributed by atoms with Crippen molar-refractivity contribution in [2.24, 2.45) is 11.3 Å².